The van der Waals surface area contributed by atoms with E-state index in [-0.39, 0.29) is 12.0 Å². The summed E-state index contributed by atoms with van der Waals surface area (Å²) in [5.41, 5.74) is -0.522. The summed E-state index contributed by atoms with van der Waals surface area (Å²) in [5.74, 6) is -0.158. The van der Waals surface area contributed by atoms with Crippen molar-refractivity contribution in [1.29, 1.82) is 0 Å². The predicted molar refractivity (Wildman–Crippen MR) is 70.3 cm³/mol. The zero-order valence-electron chi connectivity index (χ0n) is 11.4. The van der Waals surface area contributed by atoms with E-state index >= 15 is 0 Å². The Kier molecular flexibility index (Phi) is 5.38. The van der Waals surface area contributed by atoms with Crippen molar-refractivity contribution in [2.24, 2.45) is 5.92 Å². The van der Waals surface area contributed by atoms with E-state index in [4.69, 9.17) is 4.74 Å². The summed E-state index contributed by atoms with van der Waals surface area (Å²) in [6.07, 6.45) is 8.31. The lowest BCUT2D eigenvalue weighted by molar-refractivity contribution is -0.111. The van der Waals surface area contributed by atoms with Crippen molar-refractivity contribution in [3.63, 3.8) is 0 Å². The summed E-state index contributed by atoms with van der Waals surface area (Å²) in [6, 6.07) is -0.252. The van der Waals surface area contributed by atoms with Gasteiger partial charge in [-0.05, 0) is 40.0 Å². The standard InChI is InChI=1S/C14H23NO3/c1-14(2,3)18-13(17)15-12-9-7-5-4-6-8-11(12)10-16/h7,9-12H,4-6,8H2,1-3H3,(H,15,17)/b9-7-. The molecule has 102 valence electrons. The van der Waals surface area contributed by atoms with Gasteiger partial charge < -0.3 is 14.8 Å². The SMILES string of the molecule is CC(C)(C)OC(=O)NC1/C=C\CCCCC1C=O. The summed E-state index contributed by atoms with van der Waals surface area (Å²) in [5, 5.41) is 2.76. The molecular formula is C14H23NO3. The number of allylic oxidation sites excluding steroid dienone is 1. The first-order valence-corrected chi connectivity index (χ1v) is 6.54. The molecular weight excluding hydrogens is 230 g/mol. The van der Waals surface area contributed by atoms with Crippen LogP contribution in [0.25, 0.3) is 0 Å². The second-order valence-corrected chi connectivity index (χ2v) is 5.68. The highest BCUT2D eigenvalue weighted by molar-refractivity contribution is 5.69. The summed E-state index contributed by atoms with van der Waals surface area (Å²) >= 11 is 0. The van der Waals surface area contributed by atoms with E-state index in [1.807, 2.05) is 32.9 Å². The van der Waals surface area contributed by atoms with Crippen LogP contribution < -0.4 is 5.32 Å². The Hall–Kier alpha value is -1.32. The lowest BCUT2D eigenvalue weighted by atomic mass is 9.92. The number of alkyl carbamates (subject to hydrolysis) is 1. The average Bonchev–Trinajstić information content (AvgIpc) is 2.20. The zero-order valence-corrected chi connectivity index (χ0v) is 11.4. The van der Waals surface area contributed by atoms with Crippen molar-refractivity contribution < 1.29 is 14.3 Å². The van der Waals surface area contributed by atoms with Crippen LogP contribution in [0.1, 0.15) is 46.5 Å². The minimum atomic E-state index is -0.522. The first kappa shape index (κ1) is 14.7. The Labute approximate surface area is 109 Å². The third kappa shape index (κ3) is 5.34. The van der Waals surface area contributed by atoms with E-state index in [2.05, 4.69) is 5.32 Å². The van der Waals surface area contributed by atoms with Crippen LogP contribution in [0, 0.1) is 5.92 Å². The zero-order chi connectivity index (χ0) is 13.6. The fourth-order valence-corrected chi connectivity index (χ4v) is 1.96. The molecule has 0 saturated heterocycles. The normalized spacial score (nSPS) is 26.6. The lowest BCUT2D eigenvalue weighted by Crippen LogP contribution is -2.42. The molecule has 0 aromatic rings. The van der Waals surface area contributed by atoms with Crippen molar-refractivity contribution in [2.75, 3.05) is 0 Å². The predicted octanol–water partition coefficient (Wildman–Crippen LogP) is 2.83. The molecule has 0 aliphatic heterocycles. The fourth-order valence-electron chi connectivity index (χ4n) is 1.96. The lowest BCUT2D eigenvalue weighted by Gasteiger charge is -2.25. The molecule has 0 spiro atoms. The molecule has 0 aromatic heterocycles. The number of hydrogen-bond acceptors (Lipinski definition) is 3. The van der Waals surface area contributed by atoms with Gasteiger partial charge in [0.05, 0.1) is 6.04 Å². The molecule has 1 amide bonds. The molecule has 4 nitrogen and oxygen atoms in total. The highest BCUT2D eigenvalue weighted by atomic mass is 16.6. The highest BCUT2D eigenvalue weighted by Crippen LogP contribution is 2.17. The molecule has 1 aliphatic rings. The van der Waals surface area contributed by atoms with Gasteiger partial charge in [-0.25, -0.2) is 4.79 Å². The number of amides is 1. The van der Waals surface area contributed by atoms with Crippen LogP contribution in [-0.4, -0.2) is 24.0 Å². The number of rotatable bonds is 2. The molecule has 1 aliphatic carbocycles. The second-order valence-electron chi connectivity index (χ2n) is 5.68. The third-order valence-electron chi connectivity index (χ3n) is 2.82. The Balaban J connectivity index is 2.62. The molecule has 1 rings (SSSR count). The summed E-state index contributed by atoms with van der Waals surface area (Å²) in [7, 11) is 0. The van der Waals surface area contributed by atoms with Gasteiger partial charge in [0.25, 0.3) is 0 Å². The fraction of sp³-hybridized carbons (Fsp3) is 0.714. The van der Waals surface area contributed by atoms with Crippen molar-refractivity contribution in [3.8, 4) is 0 Å². The van der Waals surface area contributed by atoms with Gasteiger partial charge in [0.15, 0.2) is 0 Å². The Morgan fingerprint density at radius 3 is 2.72 bits per heavy atom. The van der Waals surface area contributed by atoms with Crippen molar-refractivity contribution in [1.82, 2.24) is 5.32 Å². The van der Waals surface area contributed by atoms with Crippen LogP contribution >= 0.6 is 0 Å². The number of ether oxygens (including phenoxy) is 1. The van der Waals surface area contributed by atoms with Gasteiger partial charge in [-0.1, -0.05) is 18.6 Å². The third-order valence-corrected chi connectivity index (χ3v) is 2.82. The Morgan fingerprint density at radius 2 is 2.11 bits per heavy atom. The van der Waals surface area contributed by atoms with E-state index in [0.717, 1.165) is 32.0 Å². The van der Waals surface area contributed by atoms with Crippen LogP contribution in [0.5, 0.6) is 0 Å². The average molecular weight is 253 g/mol. The van der Waals surface area contributed by atoms with Crippen molar-refractivity contribution in [2.45, 2.75) is 58.1 Å². The van der Waals surface area contributed by atoms with Gasteiger partial charge in [0.1, 0.15) is 11.9 Å². The van der Waals surface area contributed by atoms with E-state index in [1.165, 1.54) is 0 Å². The number of hydrogen-bond donors (Lipinski definition) is 1. The summed E-state index contributed by atoms with van der Waals surface area (Å²) in [6.45, 7) is 5.45. The molecule has 0 heterocycles. The van der Waals surface area contributed by atoms with E-state index < -0.39 is 11.7 Å². The van der Waals surface area contributed by atoms with Crippen LogP contribution in [-0.2, 0) is 9.53 Å². The molecule has 4 heteroatoms. The molecule has 0 bridgehead atoms. The van der Waals surface area contributed by atoms with E-state index in [0.29, 0.717) is 0 Å². The number of carbonyl (C=O) groups is 2. The molecule has 18 heavy (non-hydrogen) atoms. The minimum Gasteiger partial charge on any atom is -0.444 e. The molecule has 0 aromatic carbocycles. The topological polar surface area (TPSA) is 55.4 Å². The van der Waals surface area contributed by atoms with Crippen LogP contribution in [0.4, 0.5) is 4.79 Å². The van der Waals surface area contributed by atoms with Gasteiger partial charge in [0.2, 0.25) is 0 Å². The smallest absolute Gasteiger partial charge is 0.408 e. The second kappa shape index (κ2) is 6.57. The quantitative estimate of drug-likeness (QED) is 0.608. The number of carbonyl (C=O) groups excluding carboxylic acids is 2. The molecule has 0 saturated carbocycles. The van der Waals surface area contributed by atoms with Gasteiger partial charge in [-0.2, -0.15) is 0 Å². The molecule has 2 unspecified atom stereocenters. The van der Waals surface area contributed by atoms with Crippen molar-refractivity contribution in [3.05, 3.63) is 12.2 Å². The molecule has 1 N–H and O–H groups in total. The maximum Gasteiger partial charge on any atom is 0.408 e. The maximum absolute atomic E-state index is 11.7. The summed E-state index contributed by atoms with van der Waals surface area (Å²) in [4.78, 5) is 22.8. The number of nitrogens with one attached hydrogen (secondary N) is 1. The minimum absolute atomic E-state index is 0.158. The first-order chi connectivity index (χ1) is 8.42. The number of aldehydes is 1. The van der Waals surface area contributed by atoms with Gasteiger partial charge in [-0.3, -0.25) is 0 Å². The van der Waals surface area contributed by atoms with Crippen molar-refractivity contribution >= 4 is 12.4 Å². The Bertz CT molecular complexity index is 317. The Morgan fingerprint density at radius 1 is 1.39 bits per heavy atom. The van der Waals surface area contributed by atoms with Gasteiger partial charge in [0, 0.05) is 5.92 Å². The molecule has 0 fully saturated rings. The van der Waals surface area contributed by atoms with Gasteiger partial charge in [-0.15, -0.1) is 0 Å². The largest absolute Gasteiger partial charge is 0.444 e. The summed E-state index contributed by atoms with van der Waals surface area (Å²) < 4.78 is 5.21. The molecule has 0 radical (unpaired) electrons. The highest BCUT2D eigenvalue weighted by Gasteiger charge is 2.24. The maximum atomic E-state index is 11.7. The van der Waals surface area contributed by atoms with E-state index in [1.54, 1.807) is 0 Å². The monoisotopic (exact) mass is 253 g/mol. The van der Waals surface area contributed by atoms with Gasteiger partial charge >= 0.3 is 6.09 Å². The van der Waals surface area contributed by atoms with Crippen LogP contribution in [0.3, 0.4) is 0 Å². The first-order valence-electron chi connectivity index (χ1n) is 6.54. The molecule has 2 atom stereocenters. The van der Waals surface area contributed by atoms with Crippen LogP contribution in [0.15, 0.2) is 12.2 Å². The van der Waals surface area contributed by atoms with E-state index in [9.17, 15) is 9.59 Å². The van der Waals surface area contributed by atoms with Crippen LogP contribution in [0.2, 0.25) is 0 Å².